The van der Waals surface area contributed by atoms with E-state index in [2.05, 4.69) is 5.32 Å². The molecule has 0 bridgehead atoms. The van der Waals surface area contributed by atoms with E-state index in [0.29, 0.717) is 10.6 Å². The second kappa shape index (κ2) is 8.05. The SMILES string of the molecule is O=C(O)NCc1ccc(-c2ccc(=O)n(Cc3ccc(Cl)cc3F)c2)cc1. The molecule has 2 N–H and O–H groups in total. The van der Waals surface area contributed by atoms with Crippen LogP contribution in [0.25, 0.3) is 11.1 Å². The lowest BCUT2D eigenvalue weighted by atomic mass is 10.1. The zero-order valence-electron chi connectivity index (χ0n) is 14.2. The molecule has 3 aromatic rings. The molecule has 0 spiro atoms. The van der Waals surface area contributed by atoms with Crippen LogP contribution in [0.2, 0.25) is 5.02 Å². The summed E-state index contributed by atoms with van der Waals surface area (Å²) in [6, 6.07) is 14.8. The maximum Gasteiger partial charge on any atom is 0.404 e. The van der Waals surface area contributed by atoms with Crippen LogP contribution in [0.15, 0.2) is 65.6 Å². The Bertz CT molecular complexity index is 1030. The van der Waals surface area contributed by atoms with Gasteiger partial charge in [-0.15, -0.1) is 0 Å². The number of hydrogen-bond donors (Lipinski definition) is 2. The van der Waals surface area contributed by atoms with Gasteiger partial charge in [-0.25, -0.2) is 9.18 Å². The van der Waals surface area contributed by atoms with Gasteiger partial charge in [0.15, 0.2) is 0 Å². The average Bonchev–Trinajstić information content (AvgIpc) is 2.64. The second-order valence-corrected chi connectivity index (χ2v) is 6.41. The molecule has 7 heteroatoms. The van der Waals surface area contributed by atoms with Gasteiger partial charge in [-0.1, -0.05) is 41.9 Å². The van der Waals surface area contributed by atoms with Crippen molar-refractivity contribution in [1.29, 1.82) is 0 Å². The molecule has 2 aromatic carbocycles. The third kappa shape index (κ3) is 4.74. The summed E-state index contributed by atoms with van der Waals surface area (Å²) in [5, 5.41) is 11.2. The van der Waals surface area contributed by atoms with Crippen molar-refractivity contribution in [2.24, 2.45) is 0 Å². The zero-order chi connectivity index (χ0) is 19.4. The number of carbonyl (C=O) groups is 1. The number of carboxylic acid groups (broad SMARTS) is 1. The third-order valence-electron chi connectivity index (χ3n) is 4.07. The maximum atomic E-state index is 14.0. The van der Waals surface area contributed by atoms with Crippen LogP contribution in [0.4, 0.5) is 9.18 Å². The first-order valence-corrected chi connectivity index (χ1v) is 8.51. The Kier molecular flexibility index (Phi) is 5.57. The van der Waals surface area contributed by atoms with E-state index < -0.39 is 11.9 Å². The van der Waals surface area contributed by atoms with E-state index >= 15 is 0 Å². The molecule has 1 heterocycles. The van der Waals surface area contributed by atoms with Crippen molar-refractivity contribution in [3.05, 3.63) is 93.1 Å². The minimum atomic E-state index is -1.08. The smallest absolute Gasteiger partial charge is 0.404 e. The molecule has 27 heavy (non-hydrogen) atoms. The lowest BCUT2D eigenvalue weighted by Crippen LogP contribution is -2.20. The first-order chi connectivity index (χ1) is 12.9. The number of aromatic nitrogens is 1. The summed E-state index contributed by atoms with van der Waals surface area (Å²) in [6.45, 7) is 0.307. The highest BCUT2D eigenvalue weighted by molar-refractivity contribution is 6.30. The number of nitrogens with one attached hydrogen (secondary N) is 1. The molecule has 0 aliphatic carbocycles. The van der Waals surface area contributed by atoms with Crippen LogP contribution in [-0.4, -0.2) is 15.8 Å². The lowest BCUT2D eigenvalue weighted by molar-refractivity contribution is 0.194. The Hall–Kier alpha value is -3.12. The van der Waals surface area contributed by atoms with Gasteiger partial charge in [0.25, 0.3) is 5.56 Å². The van der Waals surface area contributed by atoms with Crippen molar-refractivity contribution in [1.82, 2.24) is 9.88 Å². The maximum absolute atomic E-state index is 14.0. The molecule has 138 valence electrons. The Morgan fingerprint density at radius 2 is 1.78 bits per heavy atom. The second-order valence-electron chi connectivity index (χ2n) is 5.98. The Morgan fingerprint density at radius 3 is 2.44 bits per heavy atom. The lowest BCUT2D eigenvalue weighted by Gasteiger charge is -2.10. The topological polar surface area (TPSA) is 71.3 Å². The quantitative estimate of drug-likeness (QED) is 0.692. The van der Waals surface area contributed by atoms with Gasteiger partial charge in [-0.2, -0.15) is 0 Å². The minimum Gasteiger partial charge on any atom is -0.465 e. The summed E-state index contributed by atoms with van der Waals surface area (Å²) in [6.07, 6.45) is 0.585. The van der Waals surface area contributed by atoms with Crippen LogP contribution >= 0.6 is 11.6 Å². The average molecular weight is 387 g/mol. The highest BCUT2D eigenvalue weighted by atomic mass is 35.5. The molecule has 0 saturated heterocycles. The van der Waals surface area contributed by atoms with E-state index in [1.165, 1.54) is 16.7 Å². The molecule has 5 nitrogen and oxygen atoms in total. The molecule has 0 aliphatic rings. The van der Waals surface area contributed by atoms with Gasteiger partial charge in [-0.3, -0.25) is 4.79 Å². The normalized spacial score (nSPS) is 10.6. The molecule has 0 saturated carbocycles. The summed E-state index contributed by atoms with van der Waals surface area (Å²) in [5.41, 5.74) is 2.60. The van der Waals surface area contributed by atoms with Gasteiger partial charge in [0.05, 0.1) is 6.54 Å². The molecule has 3 rings (SSSR count). The number of halogens is 2. The molecular weight excluding hydrogens is 371 g/mol. The molecule has 0 unspecified atom stereocenters. The van der Waals surface area contributed by atoms with Crippen molar-refractivity contribution < 1.29 is 14.3 Å². The first kappa shape index (κ1) is 18.7. The first-order valence-electron chi connectivity index (χ1n) is 8.13. The Morgan fingerprint density at radius 1 is 1.07 bits per heavy atom. The summed E-state index contributed by atoms with van der Waals surface area (Å²) in [5.74, 6) is -0.463. The van der Waals surface area contributed by atoms with Crippen molar-refractivity contribution in [2.75, 3.05) is 0 Å². The minimum absolute atomic E-state index is 0.0935. The van der Waals surface area contributed by atoms with Gasteiger partial charge in [0.2, 0.25) is 0 Å². The summed E-state index contributed by atoms with van der Waals surface area (Å²) in [7, 11) is 0. The zero-order valence-corrected chi connectivity index (χ0v) is 14.9. The largest absolute Gasteiger partial charge is 0.465 e. The van der Waals surface area contributed by atoms with Crippen LogP contribution in [-0.2, 0) is 13.1 Å². The fourth-order valence-electron chi connectivity index (χ4n) is 2.65. The molecule has 1 aromatic heterocycles. The number of benzene rings is 2. The third-order valence-corrected chi connectivity index (χ3v) is 4.31. The molecule has 1 amide bonds. The van der Waals surface area contributed by atoms with Gasteiger partial charge in [0, 0.05) is 29.4 Å². The fourth-order valence-corrected chi connectivity index (χ4v) is 2.81. The number of hydrogen-bond acceptors (Lipinski definition) is 2. The van der Waals surface area contributed by atoms with Crippen LogP contribution in [0.3, 0.4) is 0 Å². The van der Waals surface area contributed by atoms with Gasteiger partial charge in [0.1, 0.15) is 5.82 Å². The van der Waals surface area contributed by atoms with Gasteiger partial charge >= 0.3 is 6.09 Å². The standard InChI is InChI=1S/C20H16ClFN2O3/c21-17-7-5-16(18(22)9-17)12-24-11-15(6-8-19(24)25)14-3-1-13(2-4-14)10-23-20(26)27/h1-9,11,23H,10,12H2,(H,26,27). The van der Waals surface area contributed by atoms with Crippen molar-refractivity contribution in [2.45, 2.75) is 13.1 Å². The Balaban J connectivity index is 1.84. The van der Waals surface area contributed by atoms with Crippen molar-refractivity contribution in [3.63, 3.8) is 0 Å². The molecule has 0 aliphatic heterocycles. The monoisotopic (exact) mass is 386 g/mol. The van der Waals surface area contributed by atoms with Gasteiger partial charge in [-0.05, 0) is 34.9 Å². The number of amides is 1. The van der Waals surface area contributed by atoms with E-state index in [0.717, 1.165) is 16.7 Å². The molecule has 0 fully saturated rings. The van der Waals surface area contributed by atoms with E-state index in [-0.39, 0.29) is 18.6 Å². The van der Waals surface area contributed by atoms with Gasteiger partial charge < -0.3 is 15.0 Å². The van der Waals surface area contributed by atoms with Crippen molar-refractivity contribution >= 4 is 17.7 Å². The van der Waals surface area contributed by atoms with Crippen LogP contribution in [0.1, 0.15) is 11.1 Å². The number of nitrogens with zero attached hydrogens (tertiary/aromatic N) is 1. The van der Waals surface area contributed by atoms with Crippen LogP contribution in [0.5, 0.6) is 0 Å². The van der Waals surface area contributed by atoms with E-state index in [1.807, 2.05) is 12.1 Å². The predicted octanol–water partition coefficient (Wildman–Crippen LogP) is 4.12. The summed E-state index contributed by atoms with van der Waals surface area (Å²) >= 11 is 5.76. The fraction of sp³-hybridized carbons (Fsp3) is 0.100. The highest BCUT2D eigenvalue weighted by Crippen LogP contribution is 2.20. The van der Waals surface area contributed by atoms with E-state index in [9.17, 15) is 14.0 Å². The Labute approximate surface area is 159 Å². The highest BCUT2D eigenvalue weighted by Gasteiger charge is 2.07. The number of rotatable bonds is 5. The summed E-state index contributed by atoms with van der Waals surface area (Å²) in [4.78, 5) is 22.7. The predicted molar refractivity (Wildman–Crippen MR) is 102 cm³/mol. The number of pyridine rings is 1. The molecule has 0 atom stereocenters. The van der Waals surface area contributed by atoms with Crippen LogP contribution < -0.4 is 10.9 Å². The molecular formula is C20H16ClFN2O3. The molecule has 0 radical (unpaired) electrons. The summed E-state index contributed by atoms with van der Waals surface area (Å²) < 4.78 is 15.4. The van der Waals surface area contributed by atoms with E-state index in [4.69, 9.17) is 16.7 Å². The van der Waals surface area contributed by atoms with Crippen molar-refractivity contribution in [3.8, 4) is 11.1 Å². The van der Waals surface area contributed by atoms with Crippen LogP contribution in [0, 0.1) is 5.82 Å². The van der Waals surface area contributed by atoms with E-state index in [1.54, 1.807) is 36.5 Å².